The van der Waals surface area contributed by atoms with Crippen molar-refractivity contribution in [1.29, 1.82) is 0 Å². The zero-order chi connectivity index (χ0) is 12.3. The summed E-state index contributed by atoms with van der Waals surface area (Å²) in [7, 11) is 0. The molecule has 17 heavy (non-hydrogen) atoms. The molecule has 0 aromatic carbocycles. The van der Waals surface area contributed by atoms with Crippen molar-refractivity contribution in [2.24, 2.45) is 5.92 Å². The van der Waals surface area contributed by atoms with Gasteiger partial charge in [-0.15, -0.1) is 0 Å². The summed E-state index contributed by atoms with van der Waals surface area (Å²) in [6, 6.07) is 0.441. The first-order valence-corrected chi connectivity index (χ1v) is 6.92. The number of hydrogen-bond acceptors (Lipinski definition) is 3. The highest BCUT2D eigenvalue weighted by molar-refractivity contribution is 5.81. The molecule has 4 heteroatoms. The highest BCUT2D eigenvalue weighted by Crippen LogP contribution is 2.24. The summed E-state index contributed by atoms with van der Waals surface area (Å²) in [5.74, 6) is 0.987. The SMILES string of the molecule is CC1CCC(NC(=O)C(C)N2CCNCC2)C1. The van der Waals surface area contributed by atoms with Crippen LogP contribution in [0.25, 0.3) is 0 Å². The molecule has 2 rings (SSSR count). The van der Waals surface area contributed by atoms with E-state index < -0.39 is 0 Å². The van der Waals surface area contributed by atoms with Crippen LogP contribution in [0.15, 0.2) is 0 Å². The number of carbonyl (C=O) groups is 1. The molecule has 1 saturated heterocycles. The second-order valence-corrected chi connectivity index (χ2v) is 5.59. The molecule has 3 unspecified atom stereocenters. The smallest absolute Gasteiger partial charge is 0.237 e. The third-order valence-electron chi connectivity index (χ3n) is 4.12. The number of nitrogens with zero attached hydrogens (tertiary/aromatic N) is 1. The van der Waals surface area contributed by atoms with E-state index in [2.05, 4.69) is 22.5 Å². The first-order valence-electron chi connectivity index (χ1n) is 6.92. The lowest BCUT2D eigenvalue weighted by Crippen LogP contribution is -2.53. The van der Waals surface area contributed by atoms with Crippen LogP contribution in [0.2, 0.25) is 0 Å². The quantitative estimate of drug-likeness (QED) is 0.757. The third-order valence-corrected chi connectivity index (χ3v) is 4.12. The molecule has 98 valence electrons. The van der Waals surface area contributed by atoms with Crippen LogP contribution < -0.4 is 10.6 Å². The molecule has 2 N–H and O–H groups in total. The first-order chi connectivity index (χ1) is 8.16. The molecule has 2 fully saturated rings. The van der Waals surface area contributed by atoms with Gasteiger partial charge < -0.3 is 10.6 Å². The van der Waals surface area contributed by atoms with Crippen molar-refractivity contribution in [2.75, 3.05) is 26.2 Å². The molecule has 0 spiro atoms. The maximum atomic E-state index is 12.1. The number of hydrogen-bond donors (Lipinski definition) is 2. The van der Waals surface area contributed by atoms with Crippen molar-refractivity contribution in [3.63, 3.8) is 0 Å². The van der Waals surface area contributed by atoms with Gasteiger partial charge in [0.2, 0.25) is 5.91 Å². The van der Waals surface area contributed by atoms with E-state index in [-0.39, 0.29) is 11.9 Å². The molecular formula is C13H25N3O. The summed E-state index contributed by atoms with van der Waals surface area (Å²) in [5.41, 5.74) is 0. The predicted molar refractivity (Wildman–Crippen MR) is 68.9 cm³/mol. The normalized spacial score (nSPS) is 32.4. The molecule has 1 heterocycles. The largest absolute Gasteiger partial charge is 0.352 e. The molecule has 4 nitrogen and oxygen atoms in total. The van der Waals surface area contributed by atoms with E-state index in [4.69, 9.17) is 0 Å². The Kier molecular flexibility index (Phi) is 4.40. The van der Waals surface area contributed by atoms with Crippen LogP contribution in [-0.2, 0) is 4.79 Å². The molecule has 2 aliphatic rings. The van der Waals surface area contributed by atoms with E-state index in [1.54, 1.807) is 0 Å². The van der Waals surface area contributed by atoms with E-state index >= 15 is 0 Å². The molecule has 1 saturated carbocycles. The average Bonchev–Trinajstić information content (AvgIpc) is 2.75. The monoisotopic (exact) mass is 239 g/mol. The van der Waals surface area contributed by atoms with Gasteiger partial charge in [-0.25, -0.2) is 0 Å². The van der Waals surface area contributed by atoms with Crippen LogP contribution in [-0.4, -0.2) is 49.1 Å². The number of carbonyl (C=O) groups excluding carboxylic acids is 1. The van der Waals surface area contributed by atoms with Crippen LogP contribution >= 0.6 is 0 Å². The maximum Gasteiger partial charge on any atom is 0.237 e. The molecule has 0 aromatic rings. The average molecular weight is 239 g/mol. The fraction of sp³-hybridized carbons (Fsp3) is 0.923. The highest BCUT2D eigenvalue weighted by atomic mass is 16.2. The van der Waals surface area contributed by atoms with Gasteiger partial charge >= 0.3 is 0 Å². The van der Waals surface area contributed by atoms with Gasteiger partial charge in [-0.05, 0) is 32.1 Å². The topological polar surface area (TPSA) is 44.4 Å². The van der Waals surface area contributed by atoms with Crippen LogP contribution in [0, 0.1) is 5.92 Å². The minimum Gasteiger partial charge on any atom is -0.352 e. The summed E-state index contributed by atoms with van der Waals surface area (Å²) in [5, 5.41) is 6.52. The van der Waals surface area contributed by atoms with Crippen LogP contribution in [0.4, 0.5) is 0 Å². The summed E-state index contributed by atoms with van der Waals surface area (Å²) in [6.07, 6.45) is 3.56. The standard InChI is InChI=1S/C13H25N3O/c1-10-3-4-12(9-10)15-13(17)11(2)16-7-5-14-6-8-16/h10-12,14H,3-9H2,1-2H3,(H,15,17). The second-order valence-electron chi connectivity index (χ2n) is 5.59. The Bertz CT molecular complexity index is 263. The Labute approximate surface area is 104 Å². The molecule has 1 aliphatic heterocycles. The van der Waals surface area contributed by atoms with Gasteiger partial charge in [-0.1, -0.05) is 6.92 Å². The molecule has 0 bridgehead atoms. The number of nitrogens with one attached hydrogen (secondary N) is 2. The second kappa shape index (κ2) is 5.83. The molecule has 0 aromatic heterocycles. The van der Waals surface area contributed by atoms with Gasteiger partial charge in [-0.2, -0.15) is 0 Å². The molecule has 3 atom stereocenters. The zero-order valence-electron chi connectivity index (χ0n) is 11.0. The lowest BCUT2D eigenvalue weighted by molar-refractivity contribution is -0.126. The van der Waals surface area contributed by atoms with Crippen molar-refractivity contribution in [3.05, 3.63) is 0 Å². The van der Waals surface area contributed by atoms with E-state index in [1.165, 1.54) is 6.42 Å². The Morgan fingerprint density at radius 3 is 2.65 bits per heavy atom. The van der Waals surface area contributed by atoms with Gasteiger partial charge in [0.1, 0.15) is 0 Å². The maximum absolute atomic E-state index is 12.1. The minimum atomic E-state index is 0.0213. The predicted octanol–water partition coefficient (Wildman–Crippen LogP) is 0.585. The summed E-state index contributed by atoms with van der Waals surface area (Å²) in [4.78, 5) is 14.4. The first kappa shape index (κ1) is 12.8. The Morgan fingerprint density at radius 2 is 2.06 bits per heavy atom. The van der Waals surface area contributed by atoms with E-state index in [9.17, 15) is 4.79 Å². The van der Waals surface area contributed by atoms with Crippen molar-refractivity contribution < 1.29 is 4.79 Å². The number of rotatable bonds is 3. The van der Waals surface area contributed by atoms with E-state index in [0.29, 0.717) is 6.04 Å². The fourth-order valence-corrected chi connectivity index (χ4v) is 2.90. The van der Waals surface area contributed by atoms with Gasteiger partial charge in [0.15, 0.2) is 0 Å². The van der Waals surface area contributed by atoms with Crippen LogP contribution in [0.5, 0.6) is 0 Å². The summed E-state index contributed by atoms with van der Waals surface area (Å²) < 4.78 is 0. The lowest BCUT2D eigenvalue weighted by Gasteiger charge is -2.32. The van der Waals surface area contributed by atoms with E-state index in [0.717, 1.165) is 44.9 Å². The van der Waals surface area contributed by atoms with Crippen molar-refractivity contribution >= 4 is 5.91 Å². The van der Waals surface area contributed by atoms with Crippen molar-refractivity contribution in [2.45, 2.75) is 45.2 Å². The Morgan fingerprint density at radius 1 is 1.35 bits per heavy atom. The summed E-state index contributed by atoms with van der Waals surface area (Å²) in [6.45, 7) is 8.26. The zero-order valence-corrected chi connectivity index (χ0v) is 11.0. The third kappa shape index (κ3) is 3.42. The molecule has 1 amide bonds. The molecule has 1 aliphatic carbocycles. The van der Waals surface area contributed by atoms with Crippen LogP contribution in [0.3, 0.4) is 0 Å². The summed E-state index contributed by atoms with van der Waals surface area (Å²) >= 11 is 0. The number of piperazine rings is 1. The number of amides is 1. The Balaban J connectivity index is 1.78. The van der Waals surface area contributed by atoms with Gasteiger partial charge in [0.25, 0.3) is 0 Å². The van der Waals surface area contributed by atoms with Crippen LogP contribution in [0.1, 0.15) is 33.1 Å². The van der Waals surface area contributed by atoms with E-state index in [1.807, 2.05) is 6.92 Å². The highest BCUT2D eigenvalue weighted by Gasteiger charge is 2.27. The Hall–Kier alpha value is -0.610. The van der Waals surface area contributed by atoms with Gasteiger partial charge in [0, 0.05) is 32.2 Å². The fourth-order valence-electron chi connectivity index (χ4n) is 2.90. The minimum absolute atomic E-state index is 0.0213. The van der Waals surface area contributed by atoms with Gasteiger partial charge in [-0.3, -0.25) is 9.69 Å². The molecule has 0 radical (unpaired) electrons. The molecular weight excluding hydrogens is 214 g/mol. The lowest BCUT2D eigenvalue weighted by atomic mass is 10.1. The van der Waals surface area contributed by atoms with Crippen molar-refractivity contribution in [3.8, 4) is 0 Å². The van der Waals surface area contributed by atoms with Crippen molar-refractivity contribution in [1.82, 2.24) is 15.5 Å². The van der Waals surface area contributed by atoms with Gasteiger partial charge in [0.05, 0.1) is 6.04 Å².